The monoisotopic (exact) mass is 269 g/mol. The third kappa shape index (κ3) is 19.0. The lowest BCUT2D eigenvalue weighted by molar-refractivity contribution is -0.132. The van der Waals surface area contributed by atoms with Gasteiger partial charge in [0, 0.05) is 12.1 Å². The van der Waals surface area contributed by atoms with Gasteiger partial charge in [-0.3, -0.25) is 4.79 Å². The van der Waals surface area contributed by atoms with Gasteiger partial charge >= 0.3 is 5.97 Å². The minimum Gasteiger partial charge on any atom is -0.478 e. The first-order valence-electron chi connectivity index (χ1n) is 6.74. The molecule has 0 aliphatic rings. The largest absolute Gasteiger partial charge is 0.478 e. The van der Waals surface area contributed by atoms with Crippen LogP contribution in [0.25, 0.3) is 0 Å². The summed E-state index contributed by atoms with van der Waals surface area (Å²) >= 11 is 0. The predicted octanol–water partition coefficient (Wildman–Crippen LogP) is 3.30. The summed E-state index contributed by atoms with van der Waals surface area (Å²) in [5, 5.41) is 10.7. The van der Waals surface area contributed by atoms with Gasteiger partial charge in [-0.1, -0.05) is 52.2 Å². The van der Waals surface area contributed by atoms with Gasteiger partial charge in [0.2, 0.25) is 5.91 Å². The second-order valence-electron chi connectivity index (χ2n) is 4.35. The molecule has 0 aliphatic heterocycles. The maximum Gasteiger partial charge on any atom is 0.330 e. The third-order valence-corrected chi connectivity index (χ3v) is 2.38. The van der Waals surface area contributed by atoms with Crippen LogP contribution < -0.4 is 5.32 Å². The van der Waals surface area contributed by atoms with Crippen LogP contribution in [0.15, 0.2) is 24.8 Å². The smallest absolute Gasteiger partial charge is 0.330 e. The van der Waals surface area contributed by atoms with E-state index in [9.17, 15) is 9.59 Å². The highest BCUT2D eigenvalue weighted by Gasteiger charge is 1.92. The van der Waals surface area contributed by atoms with Crippen molar-refractivity contribution in [2.75, 3.05) is 6.54 Å². The molecule has 0 saturated heterocycles. The average Bonchev–Trinajstić information content (AvgIpc) is 2.38. The quantitative estimate of drug-likeness (QED) is 0.498. The van der Waals surface area contributed by atoms with E-state index >= 15 is 0 Å². The maximum atomic E-state index is 10.7. The molecule has 0 aromatic rings. The normalized spacial score (nSPS) is 8.95. The lowest BCUT2D eigenvalue weighted by Crippen LogP contribution is -2.21. The number of hydrogen-bond donors (Lipinski definition) is 2. The second kappa shape index (κ2) is 14.5. The summed E-state index contributed by atoms with van der Waals surface area (Å²) in [5.74, 6) is -0.997. The zero-order chi connectivity index (χ0) is 15.1. The number of unbranched alkanes of at least 4 members (excludes halogenated alkanes) is 5. The van der Waals surface area contributed by atoms with Crippen LogP contribution in [0, 0.1) is 0 Å². The van der Waals surface area contributed by atoms with Crippen molar-refractivity contribution in [2.45, 2.75) is 52.4 Å². The standard InChI is InChI=1S/C11H21NO.C4H6O2/c1-3-5-6-7-8-9-10-12-11(13)4-2;1-3(2)4(5)6/h4H,2-3,5-10H2,1H3,(H,12,13);1H2,2H3,(H,5,6). The molecule has 0 bridgehead atoms. The average molecular weight is 269 g/mol. The Kier molecular flexibility index (Phi) is 15.1. The number of carboxylic acids is 1. The molecule has 19 heavy (non-hydrogen) atoms. The van der Waals surface area contributed by atoms with Crippen molar-refractivity contribution in [3.8, 4) is 0 Å². The fraction of sp³-hybridized carbons (Fsp3) is 0.600. The van der Waals surface area contributed by atoms with E-state index in [1.807, 2.05) is 0 Å². The van der Waals surface area contributed by atoms with E-state index in [1.54, 1.807) is 0 Å². The number of nitrogens with one attached hydrogen (secondary N) is 1. The van der Waals surface area contributed by atoms with Crippen LogP contribution in [-0.4, -0.2) is 23.5 Å². The van der Waals surface area contributed by atoms with Gasteiger partial charge in [-0.2, -0.15) is 0 Å². The van der Waals surface area contributed by atoms with Crippen molar-refractivity contribution in [2.24, 2.45) is 0 Å². The SMILES string of the molecule is C=C(C)C(=O)O.C=CC(=O)NCCCCCCCC. The first kappa shape index (κ1) is 19.8. The molecule has 0 atom stereocenters. The van der Waals surface area contributed by atoms with Crippen molar-refractivity contribution in [3.05, 3.63) is 24.8 Å². The lowest BCUT2D eigenvalue weighted by Gasteiger charge is -2.01. The molecule has 0 fully saturated rings. The summed E-state index contributed by atoms with van der Waals surface area (Å²) in [5.41, 5.74) is 0.176. The summed E-state index contributed by atoms with van der Waals surface area (Å²) in [6, 6.07) is 0. The van der Waals surface area contributed by atoms with Crippen LogP contribution >= 0.6 is 0 Å². The fourth-order valence-corrected chi connectivity index (χ4v) is 1.19. The summed E-state index contributed by atoms with van der Waals surface area (Å²) in [7, 11) is 0. The molecule has 0 heterocycles. The molecule has 4 nitrogen and oxygen atoms in total. The van der Waals surface area contributed by atoms with Crippen LogP contribution in [0.2, 0.25) is 0 Å². The first-order valence-corrected chi connectivity index (χ1v) is 6.74. The van der Waals surface area contributed by atoms with Gasteiger partial charge in [-0.25, -0.2) is 4.79 Å². The zero-order valence-corrected chi connectivity index (χ0v) is 12.2. The molecule has 0 radical (unpaired) electrons. The lowest BCUT2D eigenvalue weighted by atomic mass is 10.1. The Bertz CT molecular complexity index is 273. The fourth-order valence-electron chi connectivity index (χ4n) is 1.19. The number of rotatable bonds is 9. The number of amides is 1. The minimum absolute atomic E-state index is 0.0615. The van der Waals surface area contributed by atoms with Gasteiger partial charge in [-0.15, -0.1) is 0 Å². The highest BCUT2D eigenvalue weighted by molar-refractivity contribution is 5.86. The van der Waals surface area contributed by atoms with Crippen LogP contribution in [0.4, 0.5) is 0 Å². The van der Waals surface area contributed by atoms with Crippen molar-refractivity contribution in [1.29, 1.82) is 0 Å². The van der Waals surface area contributed by atoms with Gasteiger partial charge in [0.05, 0.1) is 0 Å². The minimum atomic E-state index is -0.935. The van der Waals surface area contributed by atoms with E-state index in [0.29, 0.717) is 0 Å². The molecule has 0 aliphatic carbocycles. The Morgan fingerprint density at radius 3 is 2.05 bits per heavy atom. The van der Waals surface area contributed by atoms with Gasteiger partial charge < -0.3 is 10.4 Å². The van der Waals surface area contributed by atoms with Gasteiger partial charge in [-0.05, 0) is 19.4 Å². The van der Waals surface area contributed by atoms with Gasteiger partial charge in [0.1, 0.15) is 0 Å². The molecule has 1 amide bonds. The first-order chi connectivity index (χ1) is 8.95. The third-order valence-electron chi connectivity index (χ3n) is 2.38. The Morgan fingerprint density at radius 2 is 1.63 bits per heavy atom. The van der Waals surface area contributed by atoms with Crippen LogP contribution in [-0.2, 0) is 9.59 Å². The maximum absolute atomic E-state index is 10.7. The van der Waals surface area contributed by atoms with Crippen molar-refractivity contribution >= 4 is 11.9 Å². The molecular formula is C15H27NO3. The Morgan fingerprint density at radius 1 is 1.16 bits per heavy atom. The van der Waals surface area contributed by atoms with Gasteiger partial charge in [0.25, 0.3) is 0 Å². The molecule has 4 heteroatoms. The summed E-state index contributed by atoms with van der Waals surface area (Å²) < 4.78 is 0. The topological polar surface area (TPSA) is 66.4 Å². The summed E-state index contributed by atoms with van der Waals surface area (Å²) in [6.07, 6.45) is 8.85. The second-order valence-corrected chi connectivity index (χ2v) is 4.35. The zero-order valence-electron chi connectivity index (χ0n) is 12.2. The highest BCUT2D eigenvalue weighted by Crippen LogP contribution is 2.03. The van der Waals surface area contributed by atoms with E-state index in [0.717, 1.165) is 13.0 Å². The van der Waals surface area contributed by atoms with E-state index in [-0.39, 0.29) is 11.5 Å². The van der Waals surface area contributed by atoms with E-state index in [4.69, 9.17) is 5.11 Å². The molecule has 0 rings (SSSR count). The van der Waals surface area contributed by atoms with Crippen molar-refractivity contribution in [3.63, 3.8) is 0 Å². The number of carbonyl (C=O) groups is 2. The van der Waals surface area contributed by atoms with Crippen molar-refractivity contribution < 1.29 is 14.7 Å². The number of carboxylic acid groups (broad SMARTS) is 1. The number of carbonyl (C=O) groups excluding carboxylic acids is 1. The predicted molar refractivity (Wildman–Crippen MR) is 79.0 cm³/mol. The summed E-state index contributed by atoms with van der Waals surface area (Å²) in [4.78, 5) is 20.3. The molecule has 110 valence electrons. The number of hydrogen-bond acceptors (Lipinski definition) is 2. The van der Waals surface area contributed by atoms with E-state index in [1.165, 1.54) is 45.1 Å². The Labute approximate surface area is 116 Å². The van der Waals surface area contributed by atoms with Crippen LogP contribution in [0.5, 0.6) is 0 Å². The van der Waals surface area contributed by atoms with Crippen LogP contribution in [0.3, 0.4) is 0 Å². The molecule has 0 aromatic heterocycles. The van der Waals surface area contributed by atoms with E-state index in [2.05, 4.69) is 25.4 Å². The Balaban J connectivity index is 0. The molecule has 0 spiro atoms. The van der Waals surface area contributed by atoms with Crippen LogP contribution in [0.1, 0.15) is 52.4 Å². The molecule has 0 saturated carbocycles. The Hall–Kier alpha value is -1.58. The van der Waals surface area contributed by atoms with E-state index < -0.39 is 5.97 Å². The van der Waals surface area contributed by atoms with Crippen molar-refractivity contribution in [1.82, 2.24) is 5.32 Å². The number of aliphatic carboxylic acids is 1. The molecule has 0 aromatic carbocycles. The summed E-state index contributed by atoms with van der Waals surface area (Å²) in [6.45, 7) is 11.0. The molecule has 2 N–H and O–H groups in total. The molecular weight excluding hydrogens is 242 g/mol. The molecule has 0 unspecified atom stereocenters. The van der Waals surface area contributed by atoms with Gasteiger partial charge in [0.15, 0.2) is 0 Å². The highest BCUT2D eigenvalue weighted by atomic mass is 16.4.